The highest BCUT2D eigenvalue weighted by atomic mass is 16.6. The molecule has 0 heterocycles. The molecule has 0 aliphatic rings. The second kappa shape index (κ2) is 53.0. The van der Waals surface area contributed by atoms with E-state index in [1.807, 2.05) is 0 Å². The van der Waals surface area contributed by atoms with E-state index < -0.39 is 5.97 Å². The molecule has 342 valence electrons. The molecule has 15 heteroatoms. The van der Waals surface area contributed by atoms with Gasteiger partial charge in [0.1, 0.15) is 0 Å². The average Bonchev–Trinajstić information content (AvgIpc) is 3.21. The van der Waals surface area contributed by atoms with Crippen molar-refractivity contribution in [3.63, 3.8) is 0 Å². The Bertz CT molecular complexity index is 738. The van der Waals surface area contributed by atoms with Gasteiger partial charge in [-0.15, -0.1) is 0 Å². The molecule has 0 saturated heterocycles. The molecule has 0 saturated carbocycles. The highest BCUT2D eigenvalue weighted by Gasteiger charge is 1.99. The van der Waals surface area contributed by atoms with Crippen molar-refractivity contribution in [1.82, 2.24) is 0 Å². The molecule has 0 atom stereocenters. The van der Waals surface area contributed by atoms with Gasteiger partial charge in [0.25, 0.3) is 0 Å². The Morgan fingerprint density at radius 3 is 0.649 bits per heavy atom. The highest BCUT2D eigenvalue weighted by Crippen LogP contribution is 2.12. The summed E-state index contributed by atoms with van der Waals surface area (Å²) in [6.45, 7) is 15.4. The summed E-state index contributed by atoms with van der Waals surface area (Å²) in [5.41, 5.74) is 0. The summed E-state index contributed by atoms with van der Waals surface area (Å²) < 4.78 is 71.1. The lowest BCUT2D eigenvalue weighted by molar-refractivity contribution is -0.138. The molecule has 0 radical (unpaired) electrons. The Kier molecular flexibility index (Phi) is 52.0. The number of unbranched alkanes of at least 4 members (excludes halogenated alkanes) is 12. The normalized spacial score (nSPS) is 11.6. The lowest BCUT2D eigenvalue weighted by atomic mass is 10.0. The van der Waals surface area contributed by atoms with Crippen LogP contribution in [0.3, 0.4) is 0 Å². The maximum atomic E-state index is 10.4. The van der Waals surface area contributed by atoms with Crippen molar-refractivity contribution in [1.29, 1.82) is 0 Å². The molecule has 0 aromatic carbocycles. The quantitative estimate of drug-likeness (QED) is 0.0737. The standard InChI is InChI=1S/C42H84O15/c1-2-3-4-5-6-7-8-9-10-11-12-13-14-16-45-18-20-47-22-24-49-26-28-51-30-32-53-34-36-55-38-40-57-41-39-56-37-35-54-33-31-52-29-27-50-25-23-48-21-19-46-17-15-42(43)44/h2-41H2,1H3,(H,43,44). The first-order valence-corrected chi connectivity index (χ1v) is 22.0. The van der Waals surface area contributed by atoms with Crippen LogP contribution >= 0.6 is 0 Å². The SMILES string of the molecule is CCCCCCCCCCCCCCCOCCOCCOCCOCCOCCOCCOCCOCCOCCOCCOCCOCCOCCC(=O)O. The van der Waals surface area contributed by atoms with E-state index in [0.717, 1.165) is 13.0 Å². The van der Waals surface area contributed by atoms with Gasteiger partial charge in [-0.1, -0.05) is 84.0 Å². The third-order valence-corrected chi connectivity index (χ3v) is 8.32. The van der Waals surface area contributed by atoms with Gasteiger partial charge in [0.2, 0.25) is 0 Å². The van der Waals surface area contributed by atoms with E-state index >= 15 is 0 Å². The van der Waals surface area contributed by atoms with E-state index in [1.165, 1.54) is 77.0 Å². The minimum absolute atomic E-state index is 0.00204. The molecular weight excluding hydrogens is 744 g/mol. The third-order valence-electron chi connectivity index (χ3n) is 8.32. The number of hydrogen-bond acceptors (Lipinski definition) is 14. The van der Waals surface area contributed by atoms with Crippen LogP contribution < -0.4 is 0 Å². The molecule has 0 unspecified atom stereocenters. The number of aliphatic carboxylic acids is 1. The van der Waals surface area contributed by atoms with E-state index in [9.17, 15) is 4.79 Å². The zero-order valence-corrected chi connectivity index (χ0v) is 35.9. The van der Waals surface area contributed by atoms with Gasteiger partial charge < -0.3 is 66.7 Å². The van der Waals surface area contributed by atoms with Crippen LogP contribution in [0.2, 0.25) is 0 Å². The van der Waals surface area contributed by atoms with Crippen molar-refractivity contribution < 1.29 is 71.5 Å². The summed E-state index contributed by atoms with van der Waals surface area (Å²) in [7, 11) is 0. The Labute approximate surface area is 345 Å². The van der Waals surface area contributed by atoms with E-state index in [-0.39, 0.29) is 13.0 Å². The second-order valence-corrected chi connectivity index (χ2v) is 13.3. The van der Waals surface area contributed by atoms with Gasteiger partial charge >= 0.3 is 5.97 Å². The van der Waals surface area contributed by atoms with Gasteiger partial charge in [-0.2, -0.15) is 0 Å². The largest absolute Gasteiger partial charge is 0.481 e. The number of ether oxygens (including phenoxy) is 13. The fraction of sp³-hybridized carbons (Fsp3) is 0.976. The predicted molar refractivity (Wildman–Crippen MR) is 219 cm³/mol. The van der Waals surface area contributed by atoms with Crippen LogP contribution in [-0.2, 0) is 66.4 Å². The molecule has 0 rings (SSSR count). The molecule has 0 bridgehead atoms. The van der Waals surface area contributed by atoms with Crippen molar-refractivity contribution in [2.45, 2.75) is 96.8 Å². The number of carboxylic acids is 1. The third kappa shape index (κ3) is 55.0. The number of carbonyl (C=O) groups is 1. The maximum Gasteiger partial charge on any atom is 0.305 e. The molecule has 15 nitrogen and oxygen atoms in total. The fourth-order valence-corrected chi connectivity index (χ4v) is 5.12. The van der Waals surface area contributed by atoms with Crippen LogP contribution in [0.15, 0.2) is 0 Å². The van der Waals surface area contributed by atoms with E-state index in [0.29, 0.717) is 159 Å². The smallest absolute Gasteiger partial charge is 0.305 e. The zero-order chi connectivity index (χ0) is 41.1. The summed E-state index contributed by atoms with van der Waals surface area (Å²) in [5, 5.41) is 8.50. The lowest BCUT2D eigenvalue weighted by Gasteiger charge is -2.09. The Hall–Kier alpha value is -1.05. The minimum Gasteiger partial charge on any atom is -0.481 e. The Morgan fingerprint density at radius 1 is 0.263 bits per heavy atom. The van der Waals surface area contributed by atoms with Crippen LogP contribution in [0, 0.1) is 0 Å². The van der Waals surface area contributed by atoms with Gasteiger partial charge in [0, 0.05) is 6.61 Å². The van der Waals surface area contributed by atoms with Gasteiger partial charge in [-0.25, -0.2) is 0 Å². The molecule has 57 heavy (non-hydrogen) atoms. The summed E-state index contributed by atoms with van der Waals surface area (Å²) >= 11 is 0. The molecule has 0 aromatic heterocycles. The maximum absolute atomic E-state index is 10.4. The van der Waals surface area contributed by atoms with Crippen LogP contribution in [0.5, 0.6) is 0 Å². The topological polar surface area (TPSA) is 157 Å². The van der Waals surface area contributed by atoms with Crippen molar-refractivity contribution in [3.05, 3.63) is 0 Å². The van der Waals surface area contributed by atoms with Crippen LogP contribution in [0.25, 0.3) is 0 Å². The number of hydrogen-bond donors (Lipinski definition) is 1. The lowest BCUT2D eigenvalue weighted by Crippen LogP contribution is -2.15. The average molecular weight is 829 g/mol. The Morgan fingerprint density at radius 2 is 0.439 bits per heavy atom. The molecule has 0 aromatic rings. The van der Waals surface area contributed by atoms with Gasteiger partial charge in [-0.05, 0) is 6.42 Å². The van der Waals surface area contributed by atoms with Gasteiger partial charge in [-0.3, -0.25) is 4.79 Å². The zero-order valence-electron chi connectivity index (χ0n) is 35.9. The summed E-state index contributed by atoms with van der Waals surface area (Å²) in [4.78, 5) is 10.4. The first-order valence-electron chi connectivity index (χ1n) is 22.0. The minimum atomic E-state index is -0.873. The van der Waals surface area contributed by atoms with Gasteiger partial charge in [0.15, 0.2) is 0 Å². The van der Waals surface area contributed by atoms with Crippen LogP contribution in [0.1, 0.15) is 96.8 Å². The molecule has 1 N–H and O–H groups in total. The molecule has 0 amide bonds. The molecular formula is C42H84O15. The summed E-state index contributed by atoms with van der Waals surface area (Å²) in [6, 6.07) is 0. The van der Waals surface area contributed by atoms with Crippen molar-refractivity contribution in [3.8, 4) is 0 Å². The van der Waals surface area contributed by atoms with E-state index in [1.54, 1.807) is 0 Å². The van der Waals surface area contributed by atoms with Crippen LogP contribution in [-0.4, -0.2) is 183 Å². The van der Waals surface area contributed by atoms with Crippen molar-refractivity contribution in [2.75, 3.05) is 172 Å². The van der Waals surface area contributed by atoms with E-state index in [2.05, 4.69) is 6.92 Å². The first kappa shape index (κ1) is 55.9. The van der Waals surface area contributed by atoms with E-state index in [4.69, 9.17) is 66.7 Å². The Balaban J connectivity index is 3.06. The molecule has 0 spiro atoms. The monoisotopic (exact) mass is 829 g/mol. The number of carboxylic acid groups (broad SMARTS) is 1. The second-order valence-electron chi connectivity index (χ2n) is 13.3. The van der Waals surface area contributed by atoms with Crippen LogP contribution in [0.4, 0.5) is 0 Å². The first-order chi connectivity index (χ1) is 28.3. The molecule has 0 fully saturated rings. The van der Waals surface area contributed by atoms with Gasteiger partial charge in [0.05, 0.1) is 172 Å². The fourth-order valence-electron chi connectivity index (χ4n) is 5.12. The van der Waals surface area contributed by atoms with Crippen molar-refractivity contribution >= 4 is 5.97 Å². The van der Waals surface area contributed by atoms with Crippen molar-refractivity contribution in [2.24, 2.45) is 0 Å². The molecule has 0 aliphatic carbocycles. The summed E-state index contributed by atoms with van der Waals surface area (Å²) in [6.07, 6.45) is 17.7. The predicted octanol–water partition coefficient (Wildman–Crippen LogP) is 5.77. The number of rotatable bonds is 53. The molecule has 0 aliphatic heterocycles. The summed E-state index contributed by atoms with van der Waals surface area (Å²) in [5.74, 6) is -0.873. The highest BCUT2D eigenvalue weighted by molar-refractivity contribution is 5.66.